The summed E-state index contributed by atoms with van der Waals surface area (Å²) in [7, 11) is 0. The molecule has 0 spiro atoms. The average molecular weight is 360 g/mol. The zero-order valence-electron chi connectivity index (χ0n) is 14.9. The molecule has 1 aromatic carbocycles. The Morgan fingerprint density at radius 1 is 1.23 bits per heavy atom. The molecule has 1 aliphatic rings. The largest absolute Gasteiger partial charge is 0.337 e. The van der Waals surface area contributed by atoms with E-state index in [1.807, 2.05) is 4.90 Å². The van der Waals surface area contributed by atoms with Crippen molar-refractivity contribution in [3.05, 3.63) is 36.0 Å². The summed E-state index contributed by atoms with van der Waals surface area (Å²) in [4.78, 5) is 19.0. The molecule has 26 heavy (non-hydrogen) atoms. The minimum atomic E-state index is -0.309. The van der Waals surface area contributed by atoms with Crippen molar-refractivity contribution >= 4 is 5.91 Å². The van der Waals surface area contributed by atoms with Gasteiger partial charge in [0.25, 0.3) is 0 Å². The van der Waals surface area contributed by atoms with Crippen LogP contribution in [0.15, 0.2) is 28.8 Å². The highest BCUT2D eigenvalue weighted by Gasteiger charge is 2.31. The van der Waals surface area contributed by atoms with Gasteiger partial charge in [-0.3, -0.25) is 4.79 Å². The van der Waals surface area contributed by atoms with Gasteiger partial charge in [-0.15, -0.1) is 0 Å². The molecule has 2 heterocycles. The summed E-state index contributed by atoms with van der Waals surface area (Å²) in [6.07, 6.45) is 6.12. The van der Waals surface area contributed by atoms with Gasteiger partial charge in [-0.2, -0.15) is 4.98 Å². The Balaban J connectivity index is 1.69. The van der Waals surface area contributed by atoms with Crippen LogP contribution >= 0.6 is 0 Å². The van der Waals surface area contributed by atoms with Gasteiger partial charge in [-0.25, -0.2) is 4.39 Å². The van der Waals surface area contributed by atoms with E-state index in [4.69, 9.17) is 10.3 Å². The second kappa shape index (κ2) is 8.89. The summed E-state index contributed by atoms with van der Waals surface area (Å²) in [5, 5.41) is 4.01. The molecule has 1 fully saturated rings. The van der Waals surface area contributed by atoms with E-state index in [1.54, 1.807) is 12.1 Å². The van der Waals surface area contributed by atoms with Crippen molar-refractivity contribution in [3.8, 4) is 11.4 Å². The lowest BCUT2D eigenvalue weighted by molar-refractivity contribution is -0.135. The van der Waals surface area contributed by atoms with Crippen LogP contribution in [0.25, 0.3) is 11.4 Å². The molecule has 0 bridgehead atoms. The van der Waals surface area contributed by atoms with Crippen molar-refractivity contribution in [3.63, 3.8) is 0 Å². The van der Waals surface area contributed by atoms with Crippen molar-refractivity contribution in [2.45, 2.75) is 51.0 Å². The van der Waals surface area contributed by atoms with E-state index in [0.29, 0.717) is 36.8 Å². The van der Waals surface area contributed by atoms with Crippen molar-refractivity contribution in [1.29, 1.82) is 0 Å². The number of nitrogens with zero attached hydrogens (tertiary/aromatic N) is 3. The Kier molecular flexibility index (Phi) is 6.33. The van der Waals surface area contributed by atoms with E-state index >= 15 is 0 Å². The van der Waals surface area contributed by atoms with Gasteiger partial charge in [0.2, 0.25) is 17.6 Å². The first-order valence-electron chi connectivity index (χ1n) is 9.28. The molecule has 6 nitrogen and oxygen atoms in total. The smallest absolute Gasteiger partial charge is 0.249 e. The average Bonchev–Trinajstić information content (AvgIpc) is 3.16. The molecule has 1 aromatic heterocycles. The number of rotatable bonds is 7. The fourth-order valence-electron chi connectivity index (χ4n) is 3.31. The third-order valence-electron chi connectivity index (χ3n) is 4.75. The normalized spacial score (nSPS) is 17.5. The lowest BCUT2D eigenvalue weighted by atomic mass is 10.0. The number of hydrogen-bond donors (Lipinski definition) is 1. The van der Waals surface area contributed by atoms with Crippen LogP contribution in [0.5, 0.6) is 0 Å². The summed E-state index contributed by atoms with van der Waals surface area (Å²) in [5.41, 5.74) is 6.19. The molecule has 1 unspecified atom stereocenters. The monoisotopic (exact) mass is 360 g/mol. The van der Waals surface area contributed by atoms with E-state index in [2.05, 4.69) is 10.1 Å². The molecule has 2 N–H and O–H groups in total. The van der Waals surface area contributed by atoms with Gasteiger partial charge in [-0.05, 0) is 62.9 Å². The summed E-state index contributed by atoms with van der Waals surface area (Å²) in [6, 6.07) is 5.79. The van der Waals surface area contributed by atoms with E-state index < -0.39 is 0 Å². The Bertz CT molecular complexity index is 717. The molecule has 140 valence electrons. The van der Waals surface area contributed by atoms with Crippen molar-refractivity contribution in [2.24, 2.45) is 5.73 Å². The van der Waals surface area contributed by atoms with Crippen molar-refractivity contribution in [2.75, 3.05) is 13.1 Å². The highest BCUT2D eigenvalue weighted by molar-refractivity contribution is 5.76. The molecular weight excluding hydrogens is 335 g/mol. The number of hydrogen-bond acceptors (Lipinski definition) is 5. The number of aromatic nitrogens is 2. The predicted molar refractivity (Wildman–Crippen MR) is 95.5 cm³/mol. The minimum Gasteiger partial charge on any atom is -0.337 e. The first kappa shape index (κ1) is 18.5. The van der Waals surface area contributed by atoms with Crippen LogP contribution < -0.4 is 5.73 Å². The SMILES string of the molecule is NCCCCCC(=O)N1CCCCC1c1nc(-c2ccc(F)cc2)no1. The molecule has 1 amide bonds. The molecule has 1 saturated heterocycles. The fourth-order valence-corrected chi connectivity index (χ4v) is 3.31. The zero-order valence-corrected chi connectivity index (χ0v) is 14.9. The summed E-state index contributed by atoms with van der Waals surface area (Å²) < 4.78 is 18.5. The van der Waals surface area contributed by atoms with Crippen LogP contribution in [0.1, 0.15) is 56.9 Å². The van der Waals surface area contributed by atoms with Crippen LogP contribution in [0.2, 0.25) is 0 Å². The Morgan fingerprint density at radius 3 is 2.81 bits per heavy atom. The van der Waals surface area contributed by atoms with Gasteiger partial charge in [0.1, 0.15) is 11.9 Å². The third kappa shape index (κ3) is 4.46. The maximum atomic E-state index is 13.1. The van der Waals surface area contributed by atoms with Crippen LogP contribution in [-0.2, 0) is 4.79 Å². The van der Waals surface area contributed by atoms with E-state index in [0.717, 1.165) is 38.5 Å². The maximum Gasteiger partial charge on any atom is 0.249 e. The number of amides is 1. The van der Waals surface area contributed by atoms with Gasteiger partial charge in [0.15, 0.2) is 0 Å². The summed E-state index contributed by atoms with van der Waals surface area (Å²) in [6.45, 7) is 1.38. The third-order valence-corrected chi connectivity index (χ3v) is 4.75. The molecule has 0 saturated carbocycles. The molecule has 2 aromatic rings. The molecule has 3 rings (SSSR count). The number of carbonyl (C=O) groups is 1. The second-order valence-corrected chi connectivity index (χ2v) is 6.66. The van der Waals surface area contributed by atoms with Crippen LogP contribution in [0.3, 0.4) is 0 Å². The Hall–Kier alpha value is -2.28. The second-order valence-electron chi connectivity index (χ2n) is 6.66. The molecule has 0 aliphatic carbocycles. The number of halogens is 1. The minimum absolute atomic E-state index is 0.133. The first-order chi connectivity index (χ1) is 12.7. The Morgan fingerprint density at radius 2 is 2.04 bits per heavy atom. The van der Waals surface area contributed by atoms with Crippen molar-refractivity contribution < 1.29 is 13.7 Å². The first-order valence-corrected chi connectivity index (χ1v) is 9.28. The summed E-state index contributed by atoms with van der Waals surface area (Å²) in [5.74, 6) is 0.699. The van der Waals surface area contributed by atoms with Gasteiger partial charge in [-0.1, -0.05) is 11.6 Å². The van der Waals surface area contributed by atoms with E-state index in [-0.39, 0.29) is 17.8 Å². The zero-order chi connectivity index (χ0) is 18.4. The number of nitrogens with two attached hydrogens (primary N) is 1. The summed E-state index contributed by atoms with van der Waals surface area (Å²) >= 11 is 0. The van der Waals surface area contributed by atoms with Crippen LogP contribution in [0, 0.1) is 5.82 Å². The number of unbranched alkanes of at least 4 members (excludes halogenated alkanes) is 2. The number of piperidine rings is 1. The van der Waals surface area contributed by atoms with E-state index in [9.17, 15) is 9.18 Å². The van der Waals surface area contributed by atoms with E-state index in [1.165, 1.54) is 12.1 Å². The topological polar surface area (TPSA) is 85.3 Å². The van der Waals surface area contributed by atoms with Gasteiger partial charge in [0.05, 0.1) is 0 Å². The van der Waals surface area contributed by atoms with Gasteiger partial charge < -0.3 is 15.2 Å². The lowest BCUT2D eigenvalue weighted by Crippen LogP contribution is -2.38. The standard InChI is InChI=1S/C19H25FN4O2/c20-15-10-8-14(9-11-15)18-22-19(26-23-18)16-6-3-5-13-24(16)17(25)7-2-1-4-12-21/h8-11,16H,1-7,12-13,21H2. The number of carbonyl (C=O) groups excluding carboxylic acids is 1. The van der Waals surface area contributed by atoms with Crippen molar-refractivity contribution in [1.82, 2.24) is 15.0 Å². The van der Waals surface area contributed by atoms with Gasteiger partial charge in [0, 0.05) is 18.5 Å². The Labute approximate surface area is 152 Å². The van der Waals surface area contributed by atoms with Crippen LogP contribution in [-0.4, -0.2) is 34.0 Å². The van der Waals surface area contributed by atoms with Gasteiger partial charge >= 0.3 is 0 Å². The molecule has 1 atom stereocenters. The van der Waals surface area contributed by atoms with Crippen LogP contribution in [0.4, 0.5) is 4.39 Å². The highest BCUT2D eigenvalue weighted by atomic mass is 19.1. The molecular formula is C19H25FN4O2. The molecule has 0 radical (unpaired) electrons. The highest BCUT2D eigenvalue weighted by Crippen LogP contribution is 2.31. The predicted octanol–water partition coefficient (Wildman–Crippen LogP) is 3.45. The maximum absolute atomic E-state index is 13.1. The number of likely N-dealkylation sites (tertiary alicyclic amines) is 1. The quantitative estimate of drug-likeness (QED) is 0.765. The lowest BCUT2D eigenvalue weighted by Gasteiger charge is -2.33. The molecule has 7 heteroatoms. The number of benzene rings is 1. The fraction of sp³-hybridized carbons (Fsp3) is 0.526. The molecule has 1 aliphatic heterocycles.